The molecule has 2 aliphatic heterocycles. The van der Waals surface area contributed by atoms with Crippen LogP contribution in [-0.2, 0) is 11.3 Å². The van der Waals surface area contributed by atoms with Gasteiger partial charge >= 0.3 is 0 Å². The average molecular weight is 693 g/mol. The average Bonchev–Trinajstić information content (AvgIpc) is 3.88. The minimum atomic E-state index is -0.465. The summed E-state index contributed by atoms with van der Waals surface area (Å²) >= 11 is 0. The Morgan fingerprint density at radius 3 is 2.31 bits per heavy atom. The fourth-order valence-corrected chi connectivity index (χ4v) is 7.40. The number of nitrogens with one attached hydrogen (secondary N) is 1. The molecule has 2 aliphatic rings. The summed E-state index contributed by atoms with van der Waals surface area (Å²) in [6, 6.07) is 16.9. The summed E-state index contributed by atoms with van der Waals surface area (Å²) in [5.74, 6) is 1.65. The first-order chi connectivity index (χ1) is 24.9. The fraction of sp³-hybridized carbons (Fsp3) is 0.333. The maximum Gasteiger partial charge on any atom is 0.270 e. The number of halogens is 1. The second-order valence-electron chi connectivity index (χ2n) is 12.8. The molecule has 3 aromatic carbocycles. The normalized spacial score (nSPS) is 15.2. The molecule has 0 bridgehead atoms. The van der Waals surface area contributed by atoms with Crippen LogP contribution in [0.2, 0.25) is 0 Å². The first kappa shape index (κ1) is 33.8. The van der Waals surface area contributed by atoms with Gasteiger partial charge in [-0.15, -0.1) is 5.10 Å². The molecule has 5 aromatic rings. The zero-order valence-electron chi connectivity index (χ0n) is 29.0. The number of hydrogen-bond acceptors (Lipinski definition) is 7. The Bertz CT molecular complexity index is 2060. The van der Waals surface area contributed by atoms with Crippen molar-refractivity contribution in [2.75, 3.05) is 47.5 Å². The number of aromatic nitrogens is 4. The van der Waals surface area contributed by atoms with E-state index >= 15 is 4.39 Å². The van der Waals surface area contributed by atoms with Crippen molar-refractivity contribution < 1.29 is 28.2 Å². The lowest BCUT2D eigenvalue weighted by Gasteiger charge is -2.33. The molecule has 7 rings (SSSR count). The van der Waals surface area contributed by atoms with Crippen LogP contribution in [0.5, 0.6) is 17.2 Å². The summed E-state index contributed by atoms with van der Waals surface area (Å²) in [4.78, 5) is 34.0. The number of piperidine rings is 1. The maximum atomic E-state index is 16.7. The van der Waals surface area contributed by atoms with E-state index in [1.807, 2.05) is 59.5 Å². The topological polar surface area (TPSA) is 115 Å². The van der Waals surface area contributed by atoms with E-state index < -0.39 is 5.82 Å². The third-order valence-electron chi connectivity index (χ3n) is 10.0. The number of rotatable bonds is 10. The molecule has 1 fully saturated rings. The molecule has 11 nitrogen and oxygen atoms in total. The number of fused-ring (bicyclic) bond motifs is 1. The zero-order valence-corrected chi connectivity index (χ0v) is 29.0. The number of carbonyl (C=O) groups excluding carboxylic acids is 2. The van der Waals surface area contributed by atoms with Gasteiger partial charge in [0.1, 0.15) is 22.9 Å². The molecular weight excluding hydrogens is 651 g/mol. The molecule has 1 saturated heterocycles. The van der Waals surface area contributed by atoms with Gasteiger partial charge in [-0.3, -0.25) is 14.3 Å². The van der Waals surface area contributed by atoms with Crippen LogP contribution in [0.4, 0.5) is 4.39 Å². The van der Waals surface area contributed by atoms with Crippen LogP contribution in [0.3, 0.4) is 0 Å². The van der Waals surface area contributed by atoms with E-state index in [0.717, 1.165) is 41.0 Å². The zero-order chi connectivity index (χ0) is 35.5. The lowest BCUT2D eigenvalue weighted by atomic mass is 9.88. The number of aromatic amines is 1. The number of H-pyrrole nitrogens is 1. The number of likely N-dealkylation sites (tertiary alicyclic amines) is 1. The number of ether oxygens (including phenoxy) is 3. The predicted molar refractivity (Wildman–Crippen MR) is 191 cm³/mol. The van der Waals surface area contributed by atoms with Crippen molar-refractivity contribution in [1.82, 2.24) is 29.8 Å². The molecule has 0 atom stereocenters. The smallest absolute Gasteiger partial charge is 0.270 e. The van der Waals surface area contributed by atoms with E-state index in [9.17, 15) is 9.59 Å². The van der Waals surface area contributed by atoms with Gasteiger partial charge < -0.3 is 29.0 Å². The van der Waals surface area contributed by atoms with E-state index in [1.165, 1.54) is 0 Å². The summed E-state index contributed by atoms with van der Waals surface area (Å²) in [6.45, 7) is 2.28. The van der Waals surface area contributed by atoms with Crippen LogP contribution >= 0.6 is 0 Å². The molecule has 2 aromatic heterocycles. The second-order valence-corrected chi connectivity index (χ2v) is 12.8. The Kier molecular flexibility index (Phi) is 9.74. The van der Waals surface area contributed by atoms with Gasteiger partial charge in [0.05, 0.1) is 39.6 Å². The SMILES string of the molecule is COc1ccccc1-c1cc(C2=CCCN(C(=O)CCn3ccnn3)C2)c(F)c2[nH]c(C(=O)N3CCC(c4c(OC)cccc4OC)CC3)cc12. The van der Waals surface area contributed by atoms with Crippen LogP contribution in [0, 0.1) is 5.82 Å². The van der Waals surface area contributed by atoms with Crippen LogP contribution in [0.15, 0.2) is 73.1 Å². The summed E-state index contributed by atoms with van der Waals surface area (Å²) in [5, 5.41) is 8.33. The third kappa shape index (κ3) is 6.65. The number of benzene rings is 3. The Morgan fingerprint density at radius 1 is 0.882 bits per heavy atom. The Labute approximate surface area is 295 Å². The number of methoxy groups -OCH3 is 3. The number of nitrogens with zero attached hydrogens (tertiary/aromatic N) is 5. The van der Waals surface area contributed by atoms with Crippen molar-refractivity contribution in [2.24, 2.45) is 0 Å². The monoisotopic (exact) mass is 692 g/mol. The van der Waals surface area contributed by atoms with Gasteiger partial charge in [0.2, 0.25) is 5.91 Å². The molecule has 0 spiro atoms. The molecule has 1 N–H and O–H groups in total. The minimum Gasteiger partial charge on any atom is -0.496 e. The van der Waals surface area contributed by atoms with Gasteiger partial charge in [-0.05, 0) is 66.6 Å². The van der Waals surface area contributed by atoms with Crippen LogP contribution in [0.1, 0.15) is 53.2 Å². The summed E-state index contributed by atoms with van der Waals surface area (Å²) in [5.41, 5.74) is 4.16. The van der Waals surface area contributed by atoms with Gasteiger partial charge in [-0.1, -0.05) is 35.6 Å². The van der Waals surface area contributed by atoms with Crippen molar-refractivity contribution in [1.29, 1.82) is 0 Å². The highest BCUT2D eigenvalue weighted by Crippen LogP contribution is 2.42. The highest BCUT2D eigenvalue weighted by Gasteiger charge is 2.31. The van der Waals surface area contributed by atoms with Gasteiger partial charge in [-0.25, -0.2) is 4.39 Å². The quantitative estimate of drug-likeness (QED) is 0.182. The van der Waals surface area contributed by atoms with Crippen molar-refractivity contribution in [3.05, 3.63) is 95.7 Å². The molecule has 0 aliphatic carbocycles. The second kappa shape index (κ2) is 14.7. The van der Waals surface area contributed by atoms with Crippen molar-refractivity contribution in [3.8, 4) is 28.4 Å². The number of para-hydroxylation sites is 1. The standard InChI is InChI=1S/C39H41FN6O5/c1-49-32-10-5-4-9-27(32)29-22-28(26-8-7-17-45(24-26)35(47)15-20-46-21-16-41-43-46)37(40)38-30(29)23-31(42-38)39(48)44-18-13-25(14-19-44)36-33(50-2)11-6-12-34(36)51-3/h4-6,8-12,16,21-23,25,42H,7,13-15,17-20,24H2,1-3H3. The Hall–Kier alpha value is -5.65. The number of carbonyl (C=O) groups is 2. The van der Waals surface area contributed by atoms with Crippen LogP contribution in [0.25, 0.3) is 27.6 Å². The minimum absolute atomic E-state index is 0.0387. The van der Waals surface area contributed by atoms with Crippen LogP contribution in [-0.4, -0.2) is 89.1 Å². The first-order valence-corrected chi connectivity index (χ1v) is 17.2. The lowest BCUT2D eigenvalue weighted by Crippen LogP contribution is -2.38. The summed E-state index contributed by atoms with van der Waals surface area (Å²) in [7, 11) is 4.90. The number of aryl methyl sites for hydroxylation is 1. The lowest BCUT2D eigenvalue weighted by molar-refractivity contribution is -0.131. The van der Waals surface area contributed by atoms with E-state index in [0.29, 0.717) is 60.6 Å². The first-order valence-electron chi connectivity index (χ1n) is 17.2. The molecule has 4 heterocycles. The highest BCUT2D eigenvalue weighted by atomic mass is 19.1. The van der Waals surface area contributed by atoms with E-state index in [2.05, 4.69) is 15.3 Å². The summed E-state index contributed by atoms with van der Waals surface area (Å²) in [6.07, 6.45) is 7.61. The molecular formula is C39H41FN6O5. The largest absolute Gasteiger partial charge is 0.496 e. The molecule has 0 saturated carbocycles. The van der Waals surface area contributed by atoms with E-state index in [1.54, 1.807) is 49.4 Å². The van der Waals surface area contributed by atoms with Gasteiger partial charge in [0, 0.05) is 60.9 Å². The van der Waals surface area contributed by atoms with E-state index in [-0.39, 0.29) is 36.2 Å². The number of hydrogen-bond donors (Lipinski definition) is 1. The molecule has 2 amide bonds. The molecule has 51 heavy (non-hydrogen) atoms. The third-order valence-corrected chi connectivity index (χ3v) is 10.0. The number of amides is 2. The van der Waals surface area contributed by atoms with E-state index in [4.69, 9.17) is 14.2 Å². The Morgan fingerprint density at radius 2 is 1.61 bits per heavy atom. The molecule has 0 radical (unpaired) electrons. The molecule has 264 valence electrons. The summed E-state index contributed by atoms with van der Waals surface area (Å²) < 4.78 is 35.4. The van der Waals surface area contributed by atoms with Crippen molar-refractivity contribution in [2.45, 2.75) is 38.1 Å². The Balaban J connectivity index is 1.19. The fourth-order valence-electron chi connectivity index (χ4n) is 7.40. The van der Waals surface area contributed by atoms with Crippen molar-refractivity contribution in [3.63, 3.8) is 0 Å². The van der Waals surface area contributed by atoms with Gasteiger partial charge in [0.25, 0.3) is 5.91 Å². The van der Waals surface area contributed by atoms with Gasteiger partial charge in [0.15, 0.2) is 5.82 Å². The van der Waals surface area contributed by atoms with Crippen LogP contribution < -0.4 is 14.2 Å². The van der Waals surface area contributed by atoms with Crippen molar-refractivity contribution >= 4 is 28.3 Å². The van der Waals surface area contributed by atoms with Gasteiger partial charge in [-0.2, -0.15) is 0 Å². The molecule has 12 heteroatoms. The molecule has 0 unspecified atom stereocenters. The highest BCUT2D eigenvalue weighted by molar-refractivity contribution is 6.05. The maximum absolute atomic E-state index is 16.7. The predicted octanol–water partition coefficient (Wildman–Crippen LogP) is 6.32.